The van der Waals surface area contributed by atoms with Gasteiger partial charge >= 0.3 is 11.4 Å². The molecule has 0 aliphatic carbocycles. The van der Waals surface area contributed by atoms with Gasteiger partial charge in [0.15, 0.2) is 0 Å². The minimum Gasteiger partial charge on any atom is -0.507 e. The largest absolute Gasteiger partial charge is 0.507 e. The molecule has 3 nitrogen and oxygen atoms in total. The maximum Gasteiger partial charge on any atom is 0.349 e. The van der Waals surface area contributed by atoms with Gasteiger partial charge in [0.1, 0.15) is 11.3 Å². The number of aromatic hydroxyl groups is 1. The van der Waals surface area contributed by atoms with E-state index in [1.807, 2.05) is 0 Å². The number of halogens is 3. The van der Waals surface area contributed by atoms with Crippen molar-refractivity contribution >= 4 is 17.6 Å². The highest BCUT2D eigenvalue weighted by Crippen LogP contribution is 2.39. The molecule has 0 spiro atoms. The molecule has 0 aliphatic rings. The van der Waals surface area contributed by atoms with Gasteiger partial charge in [0.05, 0.1) is 11.7 Å². The summed E-state index contributed by atoms with van der Waals surface area (Å²) in [5.74, 6) is -1.60. The highest BCUT2D eigenvalue weighted by Gasteiger charge is 2.35. The molecule has 0 fully saturated rings. The second-order valence-corrected chi connectivity index (χ2v) is 4.63. The van der Waals surface area contributed by atoms with Crippen LogP contribution in [0.15, 0.2) is 12.1 Å². The standard InChI is InChI=1S/C12H13ClF2O3/c1-6(2)18-11(17)10-8(12(13,14)15)4-7(3)5-9(10)16/h4-6,16H,1-3H3. The third kappa shape index (κ3) is 3.32. The number of hydrogen-bond donors (Lipinski definition) is 1. The molecule has 1 N–H and O–H groups in total. The fourth-order valence-electron chi connectivity index (χ4n) is 1.48. The lowest BCUT2D eigenvalue weighted by atomic mass is 10.0. The lowest BCUT2D eigenvalue weighted by Gasteiger charge is -2.16. The first-order valence-corrected chi connectivity index (χ1v) is 5.62. The van der Waals surface area contributed by atoms with Gasteiger partial charge in [-0.1, -0.05) is 0 Å². The van der Waals surface area contributed by atoms with Crippen LogP contribution < -0.4 is 0 Å². The van der Waals surface area contributed by atoms with Gasteiger partial charge in [-0.3, -0.25) is 0 Å². The smallest absolute Gasteiger partial charge is 0.349 e. The number of phenols is 1. The second-order valence-electron chi connectivity index (χ2n) is 4.16. The van der Waals surface area contributed by atoms with Crippen molar-refractivity contribution in [2.75, 3.05) is 0 Å². The predicted molar refractivity (Wildman–Crippen MR) is 63.1 cm³/mol. The SMILES string of the molecule is Cc1cc(O)c(C(=O)OC(C)C)c(C(F)(F)Cl)c1. The molecule has 1 aromatic carbocycles. The number of benzene rings is 1. The molecule has 0 atom stereocenters. The quantitative estimate of drug-likeness (QED) is 0.679. The molecule has 18 heavy (non-hydrogen) atoms. The molecule has 6 heteroatoms. The highest BCUT2D eigenvalue weighted by atomic mass is 35.5. The highest BCUT2D eigenvalue weighted by molar-refractivity contribution is 6.22. The lowest BCUT2D eigenvalue weighted by molar-refractivity contribution is 0.0353. The van der Waals surface area contributed by atoms with Crippen molar-refractivity contribution in [3.05, 3.63) is 28.8 Å². The zero-order valence-electron chi connectivity index (χ0n) is 10.1. The Hall–Kier alpha value is -1.36. The molecule has 100 valence electrons. The Kier molecular flexibility index (Phi) is 4.16. The van der Waals surface area contributed by atoms with Crippen molar-refractivity contribution in [1.29, 1.82) is 0 Å². The van der Waals surface area contributed by atoms with E-state index in [4.69, 9.17) is 16.3 Å². The van der Waals surface area contributed by atoms with E-state index in [0.717, 1.165) is 6.07 Å². The molecular weight excluding hydrogens is 266 g/mol. The Morgan fingerprint density at radius 2 is 2.00 bits per heavy atom. The summed E-state index contributed by atoms with van der Waals surface area (Å²) in [5.41, 5.74) is -0.995. The Morgan fingerprint density at radius 1 is 1.44 bits per heavy atom. The first-order chi connectivity index (χ1) is 8.12. The van der Waals surface area contributed by atoms with Gasteiger partial charge in [-0.05, 0) is 50.1 Å². The van der Waals surface area contributed by atoms with Gasteiger partial charge in [-0.2, -0.15) is 8.78 Å². The number of carbonyl (C=O) groups is 1. The minimum atomic E-state index is -3.76. The van der Waals surface area contributed by atoms with E-state index in [0.29, 0.717) is 5.56 Å². The summed E-state index contributed by atoms with van der Waals surface area (Å²) in [6.07, 6.45) is -0.491. The van der Waals surface area contributed by atoms with Crippen LogP contribution in [0.25, 0.3) is 0 Å². The number of ether oxygens (including phenoxy) is 1. The van der Waals surface area contributed by atoms with Crippen molar-refractivity contribution < 1.29 is 23.4 Å². The van der Waals surface area contributed by atoms with Crippen LogP contribution in [0.5, 0.6) is 5.75 Å². The van der Waals surface area contributed by atoms with Crippen LogP contribution in [0.3, 0.4) is 0 Å². The monoisotopic (exact) mass is 278 g/mol. The minimum absolute atomic E-state index is 0.365. The number of carbonyl (C=O) groups excluding carboxylic acids is 1. The van der Waals surface area contributed by atoms with Gasteiger partial charge in [0, 0.05) is 0 Å². The summed E-state index contributed by atoms with van der Waals surface area (Å²) in [5, 5.41) is 5.87. The molecule has 0 bridgehead atoms. The van der Waals surface area contributed by atoms with E-state index in [2.05, 4.69) is 0 Å². The van der Waals surface area contributed by atoms with Crippen molar-refractivity contribution in [2.24, 2.45) is 0 Å². The van der Waals surface area contributed by atoms with Gasteiger partial charge in [0.2, 0.25) is 0 Å². The van der Waals surface area contributed by atoms with Crippen molar-refractivity contribution in [3.63, 3.8) is 0 Å². The molecule has 0 unspecified atom stereocenters. The molecule has 0 saturated heterocycles. The van der Waals surface area contributed by atoms with Crippen LogP contribution in [0.4, 0.5) is 8.78 Å². The first-order valence-electron chi connectivity index (χ1n) is 5.24. The van der Waals surface area contributed by atoms with Gasteiger partial charge in [-0.15, -0.1) is 0 Å². The third-order valence-electron chi connectivity index (χ3n) is 2.11. The summed E-state index contributed by atoms with van der Waals surface area (Å²) in [4.78, 5) is 11.7. The Labute approximate surface area is 108 Å². The molecule has 0 aromatic heterocycles. The molecule has 0 amide bonds. The fraction of sp³-hybridized carbons (Fsp3) is 0.417. The Balaban J connectivity index is 3.37. The molecule has 1 rings (SSSR count). The molecule has 0 saturated carbocycles. The van der Waals surface area contributed by atoms with Gasteiger partial charge in [0.25, 0.3) is 0 Å². The lowest BCUT2D eigenvalue weighted by Crippen LogP contribution is -2.17. The first kappa shape index (κ1) is 14.7. The van der Waals surface area contributed by atoms with Crippen LogP contribution in [0, 0.1) is 6.92 Å². The zero-order chi connectivity index (χ0) is 14.1. The van der Waals surface area contributed by atoms with E-state index >= 15 is 0 Å². The summed E-state index contributed by atoms with van der Waals surface area (Å²) >= 11 is 4.94. The fourth-order valence-corrected chi connectivity index (χ4v) is 1.63. The number of aryl methyl sites for hydroxylation is 1. The third-order valence-corrected chi connectivity index (χ3v) is 2.32. The molecule has 1 aromatic rings. The average molecular weight is 279 g/mol. The summed E-state index contributed by atoms with van der Waals surface area (Å²) in [6, 6.07) is 2.24. The normalized spacial score (nSPS) is 11.7. The van der Waals surface area contributed by atoms with E-state index in [9.17, 15) is 18.7 Å². The number of hydrogen-bond acceptors (Lipinski definition) is 3. The van der Waals surface area contributed by atoms with Crippen LogP contribution in [-0.4, -0.2) is 17.2 Å². The van der Waals surface area contributed by atoms with Crippen LogP contribution >= 0.6 is 11.6 Å². The van der Waals surface area contributed by atoms with Crippen molar-refractivity contribution in [2.45, 2.75) is 32.3 Å². The number of phenolic OH excluding ortho intramolecular Hbond substituents is 1. The number of alkyl halides is 3. The molecular formula is C12H13ClF2O3. The maximum atomic E-state index is 13.2. The van der Waals surface area contributed by atoms with Crippen LogP contribution in [0.1, 0.15) is 35.3 Å². The average Bonchev–Trinajstić information content (AvgIpc) is 2.12. The van der Waals surface area contributed by atoms with Gasteiger partial charge < -0.3 is 9.84 Å². The number of rotatable bonds is 3. The van der Waals surface area contributed by atoms with E-state index in [-0.39, 0.29) is 0 Å². The van der Waals surface area contributed by atoms with Crippen LogP contribution in [-0.2, 0) is 10.1 Å². The summed E-state index contributed by atoms with van der Waals surface area (Å²) in [6.45, 7) is 4.65. The van der Waals surface area contributed by atoms with Crippen LogP contribution in [0.2, 0.25) is 0 Å². The predicted octanol–water partition coefficient (Wildman–Crippen LogP) is 3.55. The van der Waals surface area contributed by atoms with E-state index < -0.39 is 34.3 Å². The maximum absolute atomic E-state index is 13.2. The summed E-state index contributed by atoms with van der Waals surface area (Å²) in [7, 11) is 0. The number of esters is 1. The molecule has 0 aliphatic heterocycles. The second kappa shape index (κ2) is 5.10. The summed E-state index contributed by atoms with van der Waals surface area (Å²) < 4.78 is 31.2. The van der Waals surface area contributed by atoms with E-state index in [1.54, 1.807) is 13.8 Å². The molecule has 0 heterocycles. The van der Waals surface area contributed by atoms with Gasteiger partial charge in [-0.25, -0.2) is 4.79 Å². The van der Waals surface area contributed by atoms with Crippen molar-refractivity contribution in [1.82, 2.24) is 0 Å². The zero-order valence-corrected chi connectivity index (χ0v) is 10.9. The topological polar surface area (TPSA) is 46.5 Å². The van der Waals surface area contributed by atoms with Crippen molar-refractivity contribution in [3.8, 4) is 5.75 Å². The Morgan fingerprint density at radius 3 is 2.44 bits per heavy atom. The van der Waals surface area contributed by atoms with E-state index in [1.165, 1.54) is 13.0 Å². The molecule has 0 radical (unpaired) electrons. The Bertz CT molecular complexity index is 467.